The van der Waals surface area contributed by atoms with Gasteiger partial charge in [0, 0.05) is 6.08 Å². The predicted octanol–water partition coefficient (Wildman–Crippen LogP) is -1.46. The van der Waals surface area contributed by atoms with Gasteiger partial charge in [0.25, 0.3) is 0 Å². The van der Waals surface area contributed by atoms with Crippen LogP contribution in [0.3, 0.4) is 0 Å². The van der Waals surface area contributed by atoms with Crippen LogP contribution < -0.4 is 4.74 Å². The SMILES string of the molecule is CC(O)(CO)C(O)COC(=O)C=Cc1ccc(OCC(C)(O)C(O)CO)c(O)c1. The molecule has 10 heteroatoms. The Morgan fingerprint density at radius 2 is 1.79 bits per heavy atom. The fourth-order valence-electron chi connectivity index (χ4n) is 1.94. The zero-order valence-corrected chi connectivity index (χ0v) is 16.2. The van der Waals surface area contributed by atoms with Crippen molar-refractivity contribution in [1.82, 2.24) is 0 Å². The fraction of sp³-hybridized carbons (Fsp3) is 0.526. The molecule has 0 aliphatic rings. The Balaban J connectivity index is 2.64. The van der Waals surface area contributed by atoms with Gasteiger partial charge in [-0.05, 0) is 37.6 Å². The number of aromatic hydroxyl groups is 1. The molecule has 0 heterocycles. The van der Waals surface area contributed by atoms with Gasteiger partial charge in [-0.1, -0.05) is 6.07 Å². The Morgan fingerprint density at radius 3 is 2.34 bits per heavy atom. The molecule has 0 saturated carbocycles. The summed E-state index contributed by atoms with van der Waals surface area (Å²) in [6.07, 6.45) is -0.518. The maximum Gasteiger partial charge on any atom is 0.330 e. The molecule has 4 unspecified atom stereocenters. The van der Waals surface area contributed by atoms with Crippen LogP contribution in [-0.4, -0.2) is 91.6 Å². The number of aliphatic hydroxyl groups is 6. The number of benzene rings is 1. The first-order valence-corrected chi connectivity index (χ1v) is 8.76. The van der Waals surface area contributed by atoms with E-state index in [4.69, 9.17) is 19.7 Å². The van der Waals surface area contributed by atoms with Gasteiger partial charge < -0.3 is 45.2 Å². The Morgan fingerprint density at radius 1 is 1.14 bits per heavy atom. The second-order valence-electron chi connectivity index (χ2n) is 7.07. The summed E-state index contributed by atoms with van der Waals surface area (Å²) in [5, 5.41) is 66.5. The van der Waals surface area contributed by atoms with Gasteiger partial charge in [-0.15, -0.1) is 0 Å². The van der Waals surface area contributed by atoms with Crippen molar-refractivity contribution in [1.29, 1.82) is 0 Å². The van der Waals surface area contributed by atoms with Gasteiger partial charge in [0.1, 0.15) is 36.6 Å². The molecule has 0 amide bonds. The van der Waals surface area contributed by atoms with Crippen molar-refractivity contribution in [2.24, 2.45) is 0 Å². The summed E-state index contributed by atoms with van der Waals surface area (Å²) in [5.74, 6) is -1.08. The average Bonchev–Trinajstić information content (AvgIpc) is 2.68. The van der Waals surface area contributed by atoms with Crippen molar-refractivity contribution in [3.63, 3.8) is 0 Å². The number of phenols is 1. The Hall–Kier alpha value is -2.21. The largest absolute Gasteiger partial charge is 0.504 e. The molecular weight excluding hydrogens is 388 g/mol. The summed E-state index contributed by atoms with van der Waals surface area (Å²) in [6.45, 7) is 0.195. The second-order valence-corrected chi connectivity index (χ2v) is 7.07. The normalized spacial score (nSPS) is 17.9. The van der Waals surface area contributed by atoms with E-state index in [1.54, 1.807) is 0 Å². The summed E-state index contributed by atoms with van der Waals surface area (Å²) < 4.78 is 10.0. The lowest BCUT2D eigenvalue weighted by Crippen LogP contribution is -2.46. The van der Waals surface area contributed by atoms with E-state index in [9.17, 15) is 30.3 Å². The van der Waals surface area contributed by atoms with E-state index in [2.05, 4.69) is 0 Å². The topological polar surface area (TPSA) is 177 Å². The zero-order chi connectivity index (χ0) is 22.2. The quantitative estimate of drug-likeness (QED) is 0.166. The standard InChI is InChI=1S/C19H28O10/c1-18(26,10-21)16(24)9-28-17(25)6-4-12-3-5-14(13(22)7-12)29-11-19(2,27)15(23)8-20/h3-7,15-16,20-24,26-27H,8-11H2,1-2H3. The molecule has 1 rings (SSSR count). The summed E-state index contributed by atoms with van der Waals surface area (Å²) in [5.41, 5.74) is -3.12. The van der Waals surface area contributed by atoms with Gasteiger partial charge in [-0.3, -0.25) is 0 Å². The highest BCUT2D eigenvalue weighted by molar-refractivity contribution is 5.87. The molecule has 10 nitrogen and oxygen atoms in total. The first kappa shape index (κ1) is 24.8. The molecule has 0 aliphatic heterocycles. The molecule has 0 spiro atoms. The van der Waals surface area contributed by atoms with Crippen LogP contribution in [0.1, 0.15) is 19.4 Å². The van der Waals surface area contributed by atoms with Crippen molar-refractivity contribution in [3.05, 3.63) is 29.8 Å². The van der Waals surface area contributed by atoms with Crippen molar-refractivity contribution in [3.8, 4) is 11.5 Å². The molecule has 0 bridgehead atoms. The van der Waals surface area contributed by atoms with Gasteiger partial charge in [-0.2, -0.15) is 0 Å². The molecule has 0 aromatic heterocycles. The van der Waals surface area contributed by atoms with E-state index < -0.39 is 49.2 Å². The number of esters is 1. The van der Waals surface area contributed by atoms with Crippen molar-refractivity contribution < 1.29 is 50.0 Å². The third-order valence-electron chi connectivity index (χ3n) is 4.23. The smallest absolute Gasteiger partial charge is 0.330 e. The molecular formula is C19H28O10. The number of carbonyl (C=O) groups excluding carboxylic acids is 1. The third kappa shape index (κ3) is 7.61. The van der Waals surface area contributed by atoms with Crippen LogP contribution in [0.25, 0.3) is 6.08 Å². The summed E-state index contributed by atoms with van der Waals surface area (Å²) >= 11 is 0. The van der Waals surface area contributed by atoms with Crippen LogP contribution in [0.5, 0.6) is 11.5 Å². The summed E-state index contributed by atoms with van der Waals surface area (Å²) in [6, 6.07) is 4.16. The highest BCUT2D eigenvalue weighted by Crippen LogP contribution is 2.28. The second kappa shape index (κ2) is 10.5. The first-order valence-electron chi connectivity index (χ1n) is 8.76. The first-order chi connectivity index (χ1) is 13.4. The van der Waals surface area contributed by atoms with Crippen LogP contribution in [0.4, 0.5) is 0 Å². The van der Waals surface area contributed by atoms with Crippen molar-refractivity contribution in [2.75, 3.05) is 26.4 Å². The number of rotatable bonds is 11. The van der Waals surface area contributed by atoms with Crippen molar-refractivity contribution >= 4 is 12.0 Å². The molecule has 1 aromatic carbocycles. The maximum absolute atomic E-state index is 11.7. The fourth-order valence-corrected chi connectivity index (χ4v) is 1.94. The minimum atomic E-state index is -1.80. The molecule has 0 radical (unpaired) electrons. The monoisotopic (exact) mass is 416 g/mol. The highest BCUT2D eigenvalue weighted by atomic mass is 16.5. The number of phenolic OH excluding ortho intramolecular Hbond substituents is 1. The van der Waals surface area contributed by atoms with E-state index >= 15 is 0 Å². The average molecular weight is 416 g/mol. The van der Waals surface area contributed by atoms with Crippen molar-refractivity contribution in [2.45, 2.75) is 37.3 Å². The molecule has 1 aromatic rings. The van der Waals surface area contributed by atoms with Gasteiger partial charge in [0.15, 0.2) is 11.5 Å². The lowest BCUT2D eigenvalue weighted by molar-refractivity contribution is -0.151. The van der Waals surface area contributed by atoms with Crippen LogP contribution in [0.15, 0.2) is 24.3 Å². The number of ether oxygens (including phenoxy) is 2. The molecule has 7 N–H and O–H groups in total. The van der Waals surface area contributed by atoms with E-state index in [-0.39, 0.29) is 18.1 Å². The Bertz CT molecular complexity index is 698. The number of aliphatic hydroxyl groups excluding tert-OH is 4. The van der Waals surface area contributed by atoms with Gasteiger partial charge in [0.05, 0.1) is 13.2 Å². The zero-order valence-electron chi connectivity index (χ0n) is 16.2. The van der Waals surface area contributed by atoms with Crippen LogP contribution in [0, 0.1) is 0 Å². The third-order valence-corrected chi connectivity index (χ3v) is 4.23. The number of hydrogen-bond acceptors (Lipinski definition) is 10. The number of hydrogen-bond donors (Lipinski definition) is 7. The molecule has 0 saturated heterocycles. The van der Waals surface area contributed by atoms with Gasteiger partial charge >= 0.3 is 5.97 Å². The Labute approximate surface area is 167 Å². The maximum atomic E-state index is 11.7. The van der Waals surface area contributed by atoms with E-state index in [1.165, 1.54) is 38.1 Å². The van der Waals surface area contributed by atoms with E-state index in [0.717, 1.165) is 6.08 Å². The molecule has 164 valence electrons. The van der Waals surface area contributed by atoms with Crippen LogP contribution in [-0.2, 0) is 9.53 Å². The Kier molecular flexibility index (Phi) is 9.02. The molecule has 29 heavy (non-hydrogen) atoms. The number of carbonyl (C=O) groups is 1. The minimum Gasteiger partial charge on any atom is -0.504 e. The van der Waals surface area contributed by atoms with Gasteiger partial charge in [0.2, 0.25) is 0 Å². The summed E-state index contributed by atoms with van der Waals surface area (Å²) in [7, 11) is 0. The lowest BCUT2D eigenvalue weighted by atomic mass is 10.0. The molecule has 0 fully saturated rings. The van der Waals surface area contributed by atoms with E-state index in [1.807, 2.05) is 0 Å². The van der Waals surface area contributed by atoms with E-state index in [0.29, 0.717) is 5.56 Å². The molecule has 4 atom stereocenters. The molecule has 0 aliphatic carbocycles. The highest BCUT2D eigenvalue weighted by Gasteiger charge is 2.31. The van der Waals surface area contributed by atoms with Gasteiger partial charge in [-0.25, -0.2) is 4.79 Å². The summed E-state index contributed by atoms with van der Waals surface area (Å²) in [4.78, 5) is 11.7. The van der Waals surface area contributed by atoms with Crippen LogP contribution in [0.2, 0.25) is 0 Å². The predicted molar refractivity (Wildman–Crippen MR) is 101 cm³/mol. The van der Waals surface area contributed by atoms with Crippen LogP contribution >= 0.6 is 0 Å². The minimum absolute atomic E-state index is 0.0181. The lowest BCUT2D eigenvalue weighted by Gasteiger charge is -2.27.